The second-order valence-electron chi connectivity index (χ2n) is 5.16. The molecule has 0 saturated carbocycles. The number of carbonyl (C=O) groups excluding carboxylic acids is 1. The minimum Gasteiger partial charge on any atom is -0.396 e. The zero-order valence-corrected chi connectivity index (χ0v) is 11.3. The molecule has 0 aromatic heterocycles. The van der Waals surface area contributed by atoms with E-state index in [1.807, 2.05) is 0 Å². The summed E-state index contributed by atoms with van der Waals surface area (Å²) in [5.74, 6) is -1.49. The molecule has 1 aliphatic rings. The lowest BCUT2D eigenvalue weighted by atomic mass is 9.98. The van der Waals surface area contributed by atoms with Crippen molar-refractivity contribution >= 4 is 5.91 Å². The molecule has 1 heterocycles. The number of carbonyl (C=O) groups is 1. The van der Waals surface area contributed by atoms with Gasteiger partial charge in [-0.05, 0) is 37.3 Å². The van der Waals surface area contributed by atoms with Gasteiger partial charge in [-0.25, -0.2) is 8.78 Å². The number of likely N-dealkylation sites (tertiary alicyclic amines) is 1. The van der Waals surface area contributed by atoms with Gasteiger partial charge in [0.05, 0.1) is 6.42 Å². The van der Waals surface area contributed by atoms with Crippen LogP contribution in [0.25, 0.3) is 0 Å². The van der Waals surface area contributed by atoms with Gasteiger partial charge in [0.2, 0.25) is 5.91 Å². The average molecular weight is 283 g/mol. The van der Waals surface area contributed by atoms with Gasteiger partial charge in [0.1, 0.15) is 11.6 Å². The van der Waals surface area contributed by atoms with Gasteiger partial charge >= 0.3 is 0 Å². The SMILES string of the molecule is O=C(Cc1ccc(F)cc1F)N1CCCCC1CCO. The Labute approximate surface area is 117 Å². The molecule has 1 aromatic rings. The maximum Gasteiger partial charge on any atom is 0.227 e. The molecule has 5 heteroatoms. The van der Waals surface area contributed by atoms with Crippen molar-refractivity contribution in [3.8, 4) is 0 Å². The second-order valence-corrected chi connectivity index (χ2v) is 5.16. The van der Waals surface area contributed by atoms with Crippen molar-refractivity contribution in [2.75, 3.05) is 13.2 Å². The molecule has 3 nitrogen and oxygen atoms in total. The van der Waals surface area contributed by atoms with E-state index in [0.717, 1.165) is 31.4 Å². The first-order chi connectivity index (χ1) is 9.61. The van der Waals surface area contributed by atoms with Gasteiger partial charge in [0, 0.05) is 25.3 Å². The normalized spacial score (nSPS) is 19.1. The molecular formula is C15H19F2NO2. The highest BCUT2D eigenvalue weighted by molar-refractivity contribution is 5.79. The van der Waals surface area contributed by atoms with Crippen LogP contribution in [0.1, 0.15) is 31.2 Å². The van der Waals surface area contributed by atoms with Crippen LogP contribution in [-0.2, 0) is 11.2 Å². The summed E-state index contributed by atoms with van der Waals surface area (Å²) >= 11 is 0. The molecule has 20 heavy (non-hydrogen) atoms. The van der Waals surface area contributed by atoms with E-state index < -0.39 is 11.6 Å². The van der Waals surface area contributed by atoms with Crippen LogP contribution in [0.3, 0.4) is 0 Å². The van der Waals surface area contributed by atoms with Crippen LogP contribution in [0.5, 0.6) is 0 Å². The number of hydrogen-bond acceptors (Lipinski definition) is 2. The van der Waals surface area contributed by atoms with Crippen LogP contribution in [0, 0.1) is 11.6 Å². The highest BCUT2D eigenvalue weighted by Gasteiger charge is 2.26. The van der Waals surface area contributed by atoms with Gasteiger partial charge < -0.3 is 10.0 Å². The first-order valence-electron chi connectivity index (χ1n) is 6.96. The van der Waals surface area contributed by atoms with E-state index in [-0.39, 0.29) is 30.5 Å². The molecule has 0 aliphatic carbocycles. The molecule has 0 bridgehead atoms. The molecule has 1 fully saturated rings. The Bertz CT molecular complexity index is 477. The third-order valence-corrected chi connectivity index (χ3v) is 3.77. The first-order valence-corrected chi connectivity index (χ1v) is 6.96. The molecule has 1 atom stereocenters. The topological polar surface area (TPSA) is 40.5 Å². The molecule has 1 amide bonds. The predicted octanol–water partition coefficient (Wildman–Crippen LogP) is 2.27. The largest absolute Gasteiger partial charge is 0.396 e. The maximum atomic E-state index is 13.6. The number of aliphatic hydroxyl groups excluding tert-OH is 1. The Morgan fingerprint density at radius 3 is 2.85 bits per heavy atom. The molecule has 110 valence electrons. The van der Waals surface area contributed by atoms with E-state index in [4.69, 9.17) is 5.11 Å². The standard InChI is InChI=1S/C15H19F2NO2/c16-12-5-4-11(14(17)10-12)9-15(20)18-7-2-1-3-13(18)6-8-19/h4-5,10,13,19H,1-3,6-9H2. The minimum atomic E-state index is -0.686. The third kappa shape index (κ3) is 3.54. The molecule has 1 unspecified atom stereocenters. The van der Waals surface area contributed by atoms with Crippen LogP contribution < -0.4 is 0 Å². The zero-order valence-electron chi connectivity index (χ0n) is 11.3. The Hall–Kier alpha value is -1.49. The number of nitrogens with zero attached hydrogens (tertiary/aromatic N) is 1. The highest BCUT2D eigenvalue weighted by Crippen LogP contribution is 2.21. The quantitative estimate of drug-likeness (QED) is 0.921. The lowest BCUT2D eigenvalue weighted by molar-refractivity contribution is -0.134. The lowest BCUT2D eigenvalue weighted by Crippen LogP contribution is -2.44. The summed E-state index contributed by atoms with van der Waals surface area (Å²) in [6, 6.07) is 3.30. The molecule has 0 spiro atoms. The van der Waals surface area contributed by atoms with E-state index >= 15 is 0 Å². The maximum absolute atomic E-state index is 13.6. The Kier molecular flexibility index (Phi) is 5.06. The number of piperidine rings is 1. The van der Waals surface area contributed by atoms with Crippen LogP contribution in [0.2, 0.25) is 0 Å². The highest BCUT2D eigenvalue weighted by atomic mass is 19.1. The van der Waals surface area contributed by atoms with Crippen LogP contribution in [0.15, 0.2) is 18.2 Å². The van der Waals surface area contributed by atoms with Crippen molar-refractivity contribution in [2.24, 2.45) is 0 Å². The smallest absolute Gasteiger partial charge is 0.227 e. The van der Waals surface area contributed by atoms with E-state index in [1.54, 1.807) is 4.90 Å². The van der Waals surface area contributed by atoms with Gasteiger partial charge in [-0.3, -0.25) is 4.79 Å². The van der Waals surface area contributed by atoms with Crippen LogP contribution in [-0.4, -0.2) is 35.1 Å². The summed E-state index contributed by atoms with van der Waals surface area (Å²) in [5.41, 5.74) is 0.213. The van der Waals surface area contributed by atoms with Gasteiger partial charge in [0.25, 0.3) is 0 Å². The van der Waals surface area contributed by atoms with Gasteiger partial charge in [-0.2, -0.15) is 0 Å². The third-order valence-electron chi connectivity index (χ3n) is 3.77. The van der Waals surface area contributed by atoms with Crippen molar-refractivity contribution in [2.45, 2.75) is 38.1 Å². The summed E-state index contributed by atoms with van der Waals surface area (Å²) in [7, 11) is 0. The Balaban J connectivity index is 2.05. The monoisotopic (exact) mass is 283 g/mol. The van der Waals surface area contributed by atoms with Gasteiger partial charge in [0.15, 0.2) is 0 Å². The summed E-state index contributed by atoms with van der Waals surface area (Å²) in [4.78, 5) is 14.0. The first kappa shape index (κ1) is 14.9. The van der Waals surface area contributed by atoms with E-state index in [9.17, 15) is 13.6 Å². The van der Waals surface area contributed by atoms with Gasteiger partial charge in [-0.15, -0.1) is 0 Å². The van der Waals surface area contributed by atoms with Crippen molar-refractivity contribution < 1.29 is 18.7 Å². The average Bonchev–Trinajstić information content (AvgIpc) is 2.43. The number of rotatable bonds is 4. The summed E-state index contributed by atoms with van der Waals surface area (Å²) in [5, 5.41) is 9.04. The number of amides is 1. The number of halogens is 2. The fourth-order valence-corrected chi connectivity index (χ4v) is 2.71. The summed E-state index contributed by atoms with van der Waals surface area (Å²) in [6.07, 6.45) is 3.34. The van der Waals surface area contributed by atoms with Crippen LogP contribution >= 0.6 is 0 Å². The molecule has 1 aromatic carbocycles. The predicted molar refractivity (Wildman–Crippen MR) is 71.1 cm³/mol. The van der Waals surface area contributed by atoms with E-state index in [2.05, 4.69) is 0 Å². The van der Waals surface area contributed by atoms with Crippen LogP contribution in [0.4, 0.5) is 8.78 Å². The summed E-state index contributed by atoms with van der Waals surface area (Å²) in [6.45, 7) is 0.686. The van der Waals surface area contributed by atoms with Crippen molar-refractivity contribution in [3.05, 3.63) is 35.4 Å². The molecular weight excluding hydrogens is 264 g/mol. The summed E-state index contributed by atoms with van der Waals surface area (Å²) < 4.78 is 26.4. The lowest BCUT2D eigenvalue weighted by Gasteiger charge is -2.35. The minimum absolute atomic E-state index is 0.0322. The number of hydrogen-bond donors (Lipinski definition) is 1. The molecule has 1 aliphatic heterocycles. The number of aliphatic hydroxyl groups is 1. The zero-order chi connectivity index (χ0) is 14.5. The second kappa shape index (κ2) is 6.79. The van der Waals surface area contributed by atoms with Gasteiger partial charge in [-0.1, -0.05) is 6.07 Å². The van der Waals surface area contributed by atoms with Crippen molar-refractivity contribution in [1.82, 2.24) is 4.90 Å². The molecule has 2 rings (SSSR count). The molecule has 1 N–H and O–H groups in total. The van der Waals surface area contributed by atoms with Crippen molar-refractivity contribution in [1.29, 1.82) is 0 Å². The van der Waals surface area contributed by atoms with Crippen molar-refractivity contribution in [3.63, 3.8) is 0 Å². The fraction of sp³-hybridized carbons (Fsp3) is 0.533. The Morgan fingerprint density at radius 2 is 2.15 bits per heavy atom. The molecule has 0 radical (unpaired) electrons. The molecule has 1 saturated heterocycles. The van der Waals surface area contributed by atoms with E-state index in [1.165, 1.54) is 6.07 Å². The fourth-order valence-electron chi connectivity index (χ4n) is 2.71. The Morgan fingerprint density at radius 1 is 1.35 bits per heavy atom. The van der Waals surface area contributed by atoms with E-state index in [0.29, 0.717) is 13.0 Å². The number of benzene rings is 1.